The van der Waals surface area contributed by atoms with E-state index in [2.05, 4.69) is 0 Å². The average molecular weight is 270 g/mol. The van der Waals surface area contributed by atoms with Crippen LogP contribution in [0, 0.1) is 5.92 Å². The van der Waals surface area contributed by atoms with Crippen molar-refractivity contribution in [3.8, 4) is 0 Å². The Balaban J connectivity index is 2.06. The highest BCUT2D eigenvalue weighted by Crippen LogP contribution is 2.39. The number of ether oxygens (including phenoxy) is 3. The van der Waals surface area contributed by atoms with Gasteiger partial charge in [-0.3, -0.25) is 4.79 Å². The van der Waals surface area contributed by atoms with Crippen molar-refractivity contribution < 1.29 is 19.0 Å². The first-order valence-electron chi connectivity index (χ1n) is 7.36. The molecule has 0 bridgehead atoms. The fraction of sp³-hybridized carbons (Fsp3) is 0.933. The van der Waals surface area contributed by atoms with Gasteiger partial charge in [0.05, 0.1) is 5.60 Å². The number of rotatable bonds is 4. The predicted molar refractivity (Wildman–Crippen MR) is 72.2 cm³/mol. The molecule has 2 unspecified atom stereocenters. The van der Waals surface area contributed by atoms with E-state index < -0.39 is 5.60 Å². The van der Waals surface area contributed by atoms with Crippen LogP contribution in [0.4, 0.5) is 0 Å². The van der Waals surface area contributed by atoms with E-state index in [1.807, 2.05) is 13.8 Å². The summed E-state index contributed by atoms with van der Waals surface area (Å²) >= 11 is 0. The Morgan fingerprint density at radius 2 is 2.05 bits per heavy atom. The molecule has 2 atom stereocenters. The highest BCUT2D eigenvalue weighted by atomic mass is 16.5. The van der Waals surface area contributed by atoms with Crippen LogP contribution >= 0.6 is 0 Å². The molecule has 1 spiro atoms. The topological polar surface area (TPSA) is 44.8 Å². The van der Waals surface area contributed by atoms with Gasteiger partial charge in [-0.25, -0.2) is 0 Å². The Morgan fingerprint density at radius 1 is 1.37 bits per heavy atom. The summed E-state index contributed by atoms with van der Waals surface area (Å²) in [5, 5.41) is 0. The van der Waals surface area contributed by atoms with E-state index in [1.165, 1.54) is 0 Å². The van der Waals surface area contributed by atoms with Gasteiger partial charge >= 0.3 is 0 Å². The fourth-order valence-corrected chi connectivity index (χ4v) is 3.19. The summed E-state index contributed by atoms with van der Waals surface area (Å²) in [6.07, 6.45) is 4.18. The molecule has 0 aromatic rings. The first-order chi connectivity index (χ1) is 9.05. The van der Waals surface area contributed by atoms with Crippen LogP contribution in [0.5, 0.6) is 0 Å². The van der Waals surface area contributed by atoms with Gasteiger partial charge in [0.2, 0.25) is 0 Å². The van der Waals surface area contributed by atoms with Gasteiger partial charge < -0.3 is 14.2 Å². The Morgan fingerprint density at radius 3 is 2.63 bits per heavy atom. The van der Waals surface area contributed by atoms with E-state index in [0.29, 0.717) is 6.61 Å². The zero-order valence-electron chi connectivity index (χ0n) is 12.4. The van der Waals surface area contributed by atoms with Crippen LogP contribution in [0.15, 0.2) is 0 Å². The highest BCUT2D eigenvalue weighted by Gasteiger charge is 2.45. The SMILES string of the molecule is CCC(C)(OC)C(=O)C1CCOC2(CCOCC2)C1. The Bertz CT molecular complexity index is 311. The van der Waals surface area contributed by atoms with Crippen LogP contribution in [0.25, 0.3) is 0 Å². The molecule has 2 aliphatic heterocycles. The largest absolute Gasteiger partial charge is 0.381 e. The molecule has 4 nitrogen and oxygen atoms in total. The lowest BCUT2D eigenvalue weighted by Crippen LogP contribution is -2.50. The first kappa shape index (κ1) is 14.9. The van der Waals surface area contributed by atoms with Crippen molar-refractivity contribution in [3.05, 3.63) is 0 Å². The molecule has 0 aliphatic carbocycles. The minimum Gasteiger partial charge on any atom is -0.381 e. The normalized spacial score (nSPS) is 29.9. The number of ketones is 1. The van der Waals surface area contributed by atoms with E-state index >= 15 is 0 Å². The summed E-state index contributed by atoms with van der Waals surface area (Å²) in [6.45, 7) is 6.08. The third-order valence-corrected chi connectivity index (χ3v) is 4.91. The van der Waals surface area contributed by atoms with Crippen molar-refractivity contribution in [1.29, 1.82) is 0 Å². The summed E-state index contributed by atoms with van der Waals surface area (Å²) < 4.78 is 16.9. The maximum Gasteiger partial charge on any atom is 0.167 e. The number of hydrogen-bond acceptors (Lipinski definition) is 4. The van der Waals surface area contributed by atoms with E-state index in [9.17, 15) is 4.79 Å². The molecule has 0 aromatic heterocycles. The Kier molecular flexibility index (Phi) is 4.64. The predicted octanol–water partition coefficient (Wildman–Crippen LogP) is 2.35. The lowest BCUT2D eigenvalue weighted by Gasteiger charge is -2.44. The number of methoxy groups -OCH3 is 1. The molecule has 0 saturated carbocycles. The van der Waals surface area contributed by atoms with Gasteiger partial charge in [0.25, 0.3) is 0 Å². The quantitative estimate of drug-likeness (QED) is 0.786. The van der Waals surface area contributed by atoms with Crippen molar-refractivity contribution in [2.75, 3.05) is 26.9 Å². The van der Waals surface area contributed by atoms with Crippen LogP contribution in [0.3, 0.4) is 0 Å². The molecule has 2 aliphatic rings. The third kappa shape index (κ3) is 3.01. The van der Waals surface area contributed by atoms with Crippen LogP contribution < -0.4 is 0 Å². The van der Waals surface area contributed by atoms with E-state index in [4.69, 9.17) is 14.2 Å². The maximum atomic E-state index is 12.7. The first-order valence-corrected chi connectivity index (χ1v) is 7.36. The van der Waals surface area contributed by atoms with Crippen molar-refractivity contribution in [1.82, 2.24) is 0 Å². The van der Waals surface area contributed by atoms with Crippen LogP contribution in [-0.2, 0) is 19.0 Å². The van der Waals surface area contributed by atoms with Gasteiger partial charge in [-0.1, -0.05) is 6.92 Å². The van der Waals surface area contributed by atoms with Gasteiger partial charge in [-0.15, -0.1) is 0 Å². The number of carbonyl (C=O) groups is 1. The summed E-state index contributed by atoms with van der Waals surface area (Å²) in [5.74, 6) is 0.309. The van der Waals surface area contributed by atoms with Gasteiger partial charge in [0.15, 0.2) is 5.78 Å². The van der Waals surface area contributed by atoms with Gasteiger partial charge in [-0.2, -0.15) is 0 Å². The molecule has 0 aromatic carbocycles. The second kappa shape index (κ2) is 5.90. The molecule has 2 rings (SSSR count). The van der Waals surface area contributed by atoms with Crippen molar-refractivity contribution in [3.63, 3.8) is 0 Å². The number of hydrogen-bond donors (Lipinski definition) is 0. The molecule has 2 saturated heterocycles. The average Bonchev–Trinajstić information content (AvgIpc) is 2.46. The highest BCUT2D eigenvalue weighted by molar-refractivity contribution is 5.89. The molecule has 0 amide bonds. The molecule has 0 N–H and O–H groups in total. The molecule has 110 valence electrons. The smallest absolute Gasteiger partial charge is 0.167 e. The molecule has 0 radical (unpaired) electrons. The van der Waals surface area contributed by atoms with Crippen molar-refractivity contribution in [2.24, 2.45) is 5.92 Å². The van der Waals surface area contributed by atoms with Gasteiger partial charge in [0, 0.05) is 32.8 Å². The van der Waals surface area contributed by atoms with Crippen LogP contribution in [-0.4, -0.2) is 43.9 Å². The van der Waals surface area contributed by atoms with E-state index in [-0.39, 0.29) is 17.3 Å². The molecular weight excluding hydrogens is 244 g/mol. The van der Waals surface area contributed by atoms with E-state index in [0.717, 1.165) is 45.3 Å². The standard InChI is InChI=1S/C15H26O4/c1-4-14(2,17-3)13(16)12-5-8-19-15(11-12)6-9-18-10-7-15/h12H,4-11H2,1-3H3. The monoisotopic (exact) mass is 270 g/mol. The maximum absolute atomic E-state index is 12.7. The summed E-state index contributed by atoms with van der Waals surface area (Å²) in [7, 11) is 1.63. The lowest BCUT2D eigenvalue weighted by molar-refractivity contribution is -0.168. The van der Waals surface area contributed by atoms with Gasteiger partial charge in [-0.05, 0) is 39.0 Å². The molecule has 2 fully saturated rings. The zero-order valence-corrected chi connectivity index (χ0v) is 12.4. The minimum atomic E-state index is -0.644. The summed E-state index contributed by atoms with van der Waals surface area (Å²) in [4.78, 5) is 12.7. The third-order valence-electron chi connectivity index (χ3n) is 4.91. The molecule has 19 heavy (non-hydrogen) atoms. The van der Waals surface area contributed by atoms with Crippen LogP contribution in [0.1, 0.15) is 46.0 Å². The van der Waals surface area contributed by atoms with Crippen molar-refractivity contribution >= 4 is 5.78 Å². The molecule has 2 heterocycles. The fourth-order valence-electron chi connectivity index (χ4n) is 3.19. The summed E-state index contributed by atoms with van der Waals surface area (Å²) in [5.41, 5.74) is -0.770. The Hall–Kier alpha value is -0.450. The van der Waals surface area contributed by atoms with Crippen LogP contribution in [0.2, 0.25) is 0 Å². The van der Waals surface area contributed by atoms with Gasteiger partial charge in [0.1, 0.15) is 5.60 Å². The zero-order chi connectivity index (χ0) is 13.9. The minimum absolute atomic E-state index is 0.0664. The molecular formula is C15H26O4. The number of carbonyl (C=O) groups excluding carboxylic acids is 1. The Labute approximate surface area is 115 Å². The van der Waals surface area contributed by atoms with E-state index in [1.54, 1.807) is 7.11 Å². The summed E-state index contributed by atoms with van der Waals surface area (Å²) in [6, 6.07) is 0. The lowest BCUT2D eigenvalue weighted by atomic mass is 9.75. The second-order valence-electron chi connectivity index (χ2n) is 5.99. The molecule has 4 heteroatoms. The second-order valence-corrected chi connectivity index (χ2v) is 5.99. The van der Waals surface area contributed by atoms with Crippen molar-refractivity contribution in [2.45, 2.75) is 57.2 Å². The number of Topliss-reactive ketones (excluding diaryl/α,β-unsaturated/α-hetero) is 1.